The number of piperazine rings is 1. The first-order chi connectivity index (χ1) is 9.15. The van der Waals surface area contributed by atoms with Crippen molar-refractivity contribution >= 4 is 0 Å². The fourth-order valence-corrected chi connectivity index (χ4v) is 3.70. The third kappa shape index (κ3) is 4.19. The minimum Gasteiger partial charge on any atom is -0.311 e. The van der Waals surface area contributed by atoms with E-state index in [-0.39, 0.29) is 0 Å². The lowest BCUT2D eigenvalue weighted by atomic mass is 9.92. The van der Waals surface area contributed by atoms with Crippen LogP contribution in [0.4, 0.5) is 0 Å². The van der Waals surface area contributed by atoms with Crippen molar-refractivity contribution in [2.45, 2.75) is 71.9 Å². The van der Waals surface area contributed by atoms with E-state index in [0.717, 1.165) is 29.8 Å². The highest BCUT2D eigenvalue weighted by molar-refractivity contribution is 4.95. The summed E-state index contributed by atoms with van der Waals surface area (Å²) < 4.78 is 0. The van der Waals surface area contributed by atoms with Crippen molar-refractivity contribution in [3.05, 3.63) is 0 Å². The molecule has 0 bridgehead atoms. The third-order valence-corrected chi connectivity index (χ3v) is 5.31. The van der Waals surface area contributed by atoms with E-state index in [4.69, 9.17) is 0 Å². The maximum Gasteiger partial charge on any atom is 0.0247 e. The third-order valence-electron chi connectivity index (χ3n) is 5.31. The Morgan fingerprint density at radius 3 is 2.53 bits per heavy atom. The summed E-state index contributed by atoms with van der Waals surface area (Å²) in [5.41, 5.74) is 0. The smallest absolute Gasteiger partial charge is 0.0247 e. The van der Waals surface area contributed by atoms with E-state index in [1.165, 1.54) is 51.7 Å². The summed E-state index contributed by atoms with van der Waals surface area (Å²) >= 11 is 0. The molecule has 2 heteroatoms. The monoisotopic (exact) mass is 266 g/mol. The van der Waals surface area contributed by atoms with E-state index in [1.807, 2.05) is 0 Å². The summed E-state index contributed by atoms with van der Waals surface area (Å²) in [5.74, 6) is 2.66. The standard InChI is InChI=1S/C17H34N2/c1-5-7-13(3)11-19-12-16(15-8-9-15)18-10-17(19)14(4)6-2/h13-18H,5-12H2,1-4H3. The fourth-order valence-electron chi connectivity index (χ4n) is 3.70. The Kier molecular flexibility index (Phi) is 5.70. The molecular weight excluding hydrogens is 232 g/mol. The molecule has 0 radical (unpaired) electrons. The zero-order valence-electron chi connectivity index (χ0n) is 13.5. The molecule has 4 unspecified atom stereocenters. The van der Waals surface area contributed by atoms with Gasteiger partial charge in [0.25, 0.3) is 0 Å². The van der Waals surface area contributed by atoms with Gasteiger partial charge in [0, 0.05) is 31.7 Å². The first kappa shape index (κ1) is 15.3. The largest absolute Gasteiger partial charge is 0.311 e. The molecule has 1 N–H and O–H groups in total. The minimum absolute atomic E-state index is 0.763. The highest BCUT2D eigenvalue weighted by Crippen LogP contribution is 2.35. The minimum atomic E-state index is 0.763. The van der Waals surface area contributed by atoms with Gasteiger partial charge in [-0.1, -0.05) is 40.5 Å². The van der Waals surface area contributed by atoms with Crippen LogP contribution in [0.5, 0.6) is 0 Å². The van der Waals surface area contributed by atoms with Crippen LogP contribution in [0.15, 0.2) is 0 Å². The van der Waals surface area contributed by atoms with Crippen molar-refractivity contribution in [1.29, 1.82) is 0 Å². The van der Waals surface area contributed by atoms with E-state index in [1.54, 1.807) is 0 Å². The molecule has 2 fully saturated rings. The molecule has 0 amide bonds. The van der Waals surface area contributed by atoms with Gasteiger partial charge in [-0.2, -0.15) is 0 Å². The first-order valence-electron chi connectivity index (χ1n) is 8.63. The fraction of sp³-hybridized carbons (Fsp3) is 1.00. The molecule has 112 valence electrons. The SMILES string of the molecule is CCCC(C)CN1CC(C2CC2)NCC1C(C)CC. The average Bonchev–Trinajstić information content (AvgIpc) is 3.22. The van der Waals surface area contributed by atoms with Crippen molar-refractivity contribution in [2.24, 2.45) is 17.8 Å². The molecular formula is C17H34N2. The van der Waals surface area contributed by atoms with E-state index in [0.29, 0.717) is 0 Å². The molecule has 0 aromatic heterocycles. The summed E-state index contributed by atoms with van der Waals surface area (Å²) in [6.45, 7) is 13.3. The lowest BCUT2D eigenvalue weighted by Gasteiger charge is -2.44. The molecule has 0 aromatic carbocycles. The van der Waals surface area contributed by atoms with E-state index in [9.17, 15) is 0 Å². The van der Waals surface area contributed by atoms with Crippen LogP contribution >= 0.6 is 0 Å². The Balaban J connectivity index is 1.93. The summed E-state index contributed by atoms with van der Waals surface area (Å²) in [5, 5.41) is 3.84. The van der Waals surface area contributed by atoms with Crippen molar-refractivity contribution in [2.75, 3.05) is 19.6 Å². The molecule has 1 saturated carbocycles. The molecule has 4 atom stereocenters. The van der Waals surface area contributed by atoms with E-state index >= 15 is 0 Å². The second-order valence-electron chi connectivity index (χ2n) is 7.15. The van der Waals surface area contributed by atoms with Gasteiger partial charge in [-0.05, 0) is 37.0 Å². The van der Waals surface area contributed by atoms with Crippen LogP contribution in [0.25, 0.3) is 0 Å². The molecule has 2 aliphatic rings. The van der Waals surface area contributed by atoms with E-state index in [2.05, 4.69) is 37.9 Å². The Morgan fingerprint density at radius 2 is 1.95 bits per heavy atom. The van der Waals surface area contributed by atoms with Gasteiger partial charge in [-0.25, -0.2) is 0 Å². The normalized spacial score (nSPS) is 32.2. The van der Waals surface area contributed by atoms with Crippen molar-refractivity contribution in [1.82, 2.24) is 10.2 Å². The van der Waals surface area contributed by atoms with Crippen LogP contribution in [0.1, 0.15) is 59.8 Å². The van der Waals surface area contributed by atoms with Gasteiger partial charge in [0.15, 0.2) is 0 Å². The molecule has 2 nitrogen and oxygen atoms in total. The lowest BCUT2D eigenvalue weighted by Crippen LogP contribution is -2.59. The molecule has 2 rings (SSSR count). The van der Waals surface area contributed by atoms with Gasteiger partial charge in [-0.15, -0.1) is 0 Å². The summed E-state index contributed by atoms with van der Waals surface area (Å²) in [4.78, 5) is 2.83. The number of rotatable bonds is 7. The van der Waals surface area contributed by atoms with Crippen LogP contribution < -0.4 is 5.32 Å². The lowest BCUT2D eigenvalue weighted by molar-refractivity contribution is 0.0711. The zero-order chi connectivity index (χ0) is 13.8. The maximum absolute atomic E-state index is 3.84. The Hall–Kier alpha value is -0.0800. The Labute approximate surface area is 120 Å². The Morgan fingerprint density at radius 1 is 1.21 bits per heavy atom. The second kappa shape index (κ2) is 7.08. The molecule has 1 aliphatic carbocycles. The molecule has 1 saturated heterocycles. The van der Waals surface area contributed by atoms with Crippen LogP contribution in [-0.4, -0.2) is 36.6 Å². The zero-order valence-corrected chi connectivity index (χ0v) is 13.5. The van der Waals surface area contributed by atoms with Gasteiger partial charge >= 0.3 is 0 Å². The van der Waals surface area contributed by atoms with Crippen molar-refractivity contribution in [3.63, 3.8) is 0 Å². The van der Waals surface area contributed by atoms with Crippen molar-refractivity contribution in [3.8, 4) is 0 Å². The average molecular weight is 266 g/mol. The predicted octanol–water partition coefficient (Wildman–Crippen LogP) is 3.52. The highest BCUT2D eigenvalue weighted by atomic mass is 15.2. The van der Waals surface area contributed by atoms with E-state index < -0.39 is 0 Å². The van der Waals surface area contributed by atoms with Gasteiger partial charge in [0.1, 0.15) is 0 Å². The first-order valence-corrected chi connectivity index (χ1v) is 8.63. The molecule has 0 aromatic rings. The van der Waals surface area contributed by atoms with Crippen molar-refractivity contribution < 1.29 is 0 Å². The maximum atomic E-state index is 3.84. The quantitative estimate of drug-likeness (QED) is 0.758. The molecule has 0 spiro atoms. The van der Waals surface area contributed by atoms with Crippen LogP contribution in [0.2, 0.25) is 0 Å². The van der Waals surface area contributed by atoms with Crippen LogP contribution in [-0.2, 0) is 0 Å². The molecule has 19 heavy (non-hydrogen) atoms. The number of nitrogens with one attached hydrogen (secondary N) is 1. The molecule has 1 aliphatic heterocycles. The molecule has 1 heterocycles. The van der Waals surface area contributed by atoms with Gasteiger partial charge in [0.2, 0.25) is 0 Å². The summed E-state index contributed by atoms with van der Waals surface area (Å²) in [7, 11) is 0. The van der Waals surface area contributed by atoms with Crippen LogP contribution in [0.3, 0.4) is 0 Å². The Bertz CT molecular complexity index is 262. The number of hydrogen-bond acceptors (Lipinski definition) is 2. The number of hydrogen-bond donors (Lipinski definition) is 1. The van der Waals surface area contributed by atoms with Gasteiger partial charge < -0.3 is 5.32 Å². The number of nitrogens with zero attached hydrogens (tertiary/aromatic N) is 1. The van der Waals surface area contributed by atoms with Gasteiger partial charge in [0.05, 0.1) is 0 Å². The second-order valence-corrected chi connectivity index (χ2v) is 7.15. The van der Waals surface area contributed by atoms with Gasteiger partial charge in [-0.3, -0.25) is 4.90 Å². The summed E-state index contributed by atoms with van der Waals surface area (Å²) in [6.07, 6.45) is 6.94. The predicted molar refractivity (Wildman–Crippen MR) is 83.4 cm³/mol. The summed E-state index contributed by atoms with van der Waals surface area (Å²) in [6, 6.07) is 1.55. The van der Waals surface area contributed by atoms with Crippen LogP contribution in [0, 0.1) is 17.8 Å². The topological polar surface area (TPSA) is 15.3 Å². The highest BCUT2D eigenvalue weighted by Gasteiger charge is 2.38.